The molecule has 0 saturated carbocycles. The molecule has 0 aromatic rings. The molecule has 1 heterocycles. The molecule has 110 valence electrons. The summed E-state index contributed by atoms with van der Waals surface area (Å²) in [6.07, 6.45) is 5.12. The number of thioether (sulfide) groups is 2. The summed E-state index contributed by atoms with van der Waals surface area (Å²) in [4.78, 5) is 4.45. The number of hydrogen-bond acceptors (Lipinski definition) is 7. The average molecular weight is 321 g/mol. The molecule has 1 rings (SSSR count). The third-order valence-electron chi connectivity index (χ3n) is 2.70. The number of aliphatic imine (C=N–C) groups is 1. The lowest BCUT2D eigenvalue weighted by Gasteiger charge is -2.14. The van der Waals surface area contributed by atoms with Crippen molar-refractivity contribution < 1.29 is 0 Å². The van der Waals surface area contributed by atoms with Crippen LogP contribution in [0.5, 0.6) is 0 Å². The van der Waals surface area contributed by atoms with Gasteiger partial charge in [0.2, 0.25) is 0 Å². The molecule has 0 radical (unpaired) electrons. The molecular weight excluding hydrogens is 296 g/mol. The van der Waals surface area contributed by atoms with Crippen LogP contribution in [0, 0.1) is 0 Å². The van der Waals surface area contributed by atoms with Crippen LogP contribution in [-0.2, 0) is 0 Å². The highest BCUT2D eigenvalue weighted by Crippen LogP contribution is 2.30. The van der Waals surface area contributed by atoms with Crippen molar-refractivity contribution >= 4 is 42.0 Å². The molecule has 0 spiro atoms. The van der Waals surface area contributed by atoms with Crippen molar-refractivity contribution in [1.29, 1.82) is 0 Å². The van der Waals surface area contributed by atoms with E-state index in [9.17, 15) is 0 Å². The molecular formula is C12H24N4S3. The van der Waals surface area contributed by atoms with E-state index >= 15 is 0 Å². The summed E-state index contributed by atoms with van der Waals surface area (Å²) in [6, 6.07) is 0. The minimum absolute atomic E-state index is 0.205. The first-order chi connectivity index (χ1) is 9.15. The summed E-state index contributed by atoms with van der Waals surface area (Å²) in [5.41, 5.74) is 6.03. The minimum atomic E-state index is -0.895. The summed E-state index contributed by atoms with van der Waals surface area (Å²) in [7, 11) is 0. The highest BCUT2D eigenvalue weighted by Gasteiger charge is 2.31. The number of hydrogen-bond donors (Lipinski definition) is 2. The number of rotatable bonds is 10. The molecule has 0 aromatic heterocycles. The van der Waals surface area contributed by atoms with Gasteiger partial charge in [-0.2, -0.15) is 12.6 Å². The number of nitrogens with zero attached hydrogens (tertiary/aromatic N) is 3. The van der Waals surface area contributed by atoms with Crippen LogP contribution >= 0.6 is 36.2 Å². The maximum atomic E-state index is 6.03. The molecule has 2 atom stereocenters. The van der Waals surface area contributed by atoms with Gasteiger partial charge in [0.25, 0.3) is 5.12 Å². The summed E-state index contributed by atoms with van der Waals surface area (Å²) >= 11 is 7.76. The Morgan fingerprint density at radius 2 is 2.11 bits per heavy atom. The van der Waals surface area contributed by atoms with Crippen molar-refractivity contribution in [2.24, 2.45) is 21.0 Å². The second kappa shape index (κ2) is 9.26. The third kappa shape index (κ3) is 6.06. The lowest BCUT2D eigenvalue weighted by atomic mass is 10.2. The smallest absolute Gasteiger partial charge is 0.273 e. The summed E-state index contributed by atoms with van der Waals surface area (Å²) < 4.78 is 0. The molecule has 4 nitrogen and oxygen atoms in total. The lowest BCUT2D eigenvalue weighted by molar-refractivity contribution is 0.680. The minimum Gasteiger partial charge on any atom is -0.278 e. The second-order valence-electron chi connectivity index (χ2n) is 4.36. The Labute approximate surface area is 130 Å². The molecule has 0 saturated heterocycles. The molecule has 0 aliphatic carbocycles. The van der Waals surface area contributed by atoms with Crippen molar-refractivity contribution in [2.75, 3.05) is 17.3 Å². The van der Waals surface area contributed by atoms with Crippen molar-refractivity contribution in [2.45, 2.75) is 49.9 Å². The van der Waals surface area contributed by atoms with Crippen LogP contribution in [0.15, 0.2) is 15.2 Å². The van der Waals surface area contributed by atoms with Gasteiger partial charge < -0.3 is 0 Å². The summed E-state index contributed by atoms with van der Waals surface area (Å²) in [6.45, 7) is 4.27. The van der Waals surface area contributed by atoms with E-state index in [4.69, 9.17) is 5.73 Å². The Balaban J connectivity index is 2.41. The molecule has 2 N–H and O–H groups in total. The van der Waals surface area contributed by atoms with Gasteiger partial charge >= 0.3 is 0 Å². The van der Waals surface area contributed by atoms with E-state index in [1.807, 2.05) is 18.7 Å². The Morgan fingerprint density at radius 3 is 2.74 bits per heavy atom. The fourth-order valence-electron chi connectivity index (χ4n) is 1.71. The van der Waals surface area contributed by atoms with E-state index in [1.54, 1.807) is 0 Å². The Kier molecular flexibility index (Phi) is 8.45. The van der Waals surface area contributed by atoms with Crippen LogP contribution in [0.3, 0.4) is 0 Å². The molecule has 1 aliphatic heterocycles. The van der Waals surface area contributed by atoms with Crippen LogP contribution < -0.4 is 5.73 Å². The highest BCUT2D eigenvalue weighted by molar-refractivity contribution is 8.01. The van der Waals surface area contributed by atoms with Gasteiger partial charge in [-0.25, -0.2) is 4.99 Å². The SMILES string of the molecule is CCCCCCSC(CS)C1=NC(N)(SCC)N=N1. The van der Waals surface area contributed by atoms with E-state index in [-0.39, 0.29) is 5.25 Å². The van der Waals surface area contributed by atoms with Crippen molar-refractivity contribution in [1.82, 2.24) is 0 Å². The van der Waals surface area contributed by atoms with Crippen LogP contribution in [0.1, 0.15) is 39.5 Å². The molecule has 7 heteroatoms. The van der Waals surface area contributed by atoms with E-state index in [0.717, 1.165) is 23.1 Å². The van der Waals surface area contributed by atoms with Crippen molar-refractivity contribution in [3.05, 3.63) is 0 Å². The van der Waals surface area contributed by atoms with Gasteiger partial charge in [0.1, 0.15) is 0 Å². The molecule has 0 bridgehead atoms. The molecule has 0 amide bonds. The zero-order valence-electron chi connectivity index (χ0n) is 11.7. The normalized spacial score (nSPS) is 23.7. The molecule has 2 unspecified atom stereocenters. The Morgan fingerprint density at radius 1 is 1.32 bits per heavy atom. The standard InChI is InChI=1S/C12H24N4S3/c1-3-5-6-7-8-18-10(9-17)11-14-12(13,16-15-11)19-4-2/h10,17H,3-9,13H2,1-2H3. The fourth-order valence-corrected chi connectivity index (χ4v) is 3.88. The lowest BCUT2D eigenvalue weighted by Crippen LogP contribution is -2.30. The predicted molar refractivity (Wildman–Crippen MR) is 91.6 cm³/mol. The fraction of sp³-hybridized carbons (Fsp3) is 0.917. The monoisotopic (exact) mass is 320 g/mol. The van der Waals surface area contributed by atoms with Crippen molar-refractivity contribution in [3.8, 4) is 0 Å². The van der Waals surface area contributed by atoms with Crippen LogP contribution in [-0.4, -0.2) is 33.5 Å². The first kappa shape index (κ1) is 17.3. The summed E-state index contributed by atoms with van der Waals surface area (Å²) in [5.74, 6) is 3.47. The van der Waals surface area contributed by atoms with E-state index < -0.39 is 5.12 Å². The average Bonchev–Trinajstić information content (AvgIpc) is 2.76. The van der Waals surface area contributed by atoms with Gasteiger partial charge in [-0.3, -0.25) is 5.73 Å². The van der Waals surface area contributed by atoms with E-state index in [1.165, 1.54) is 37.4 Å². The number of unbranched alkanes of at least 4 members (excludes halogenated alkanes) is 3. The Bertz CT molecular complexity index is 322. The predicted octanol–water partition coefficient (Wildman–Crippen LogP) is 3.79. The number of amidine groups is 1. The second-order valence-corrected chi connectivity index (χ2v) is 7.51. The quantitative estimate of drug-likeness (QED) is 0.366. The van der Waals surface area contributed by atoms with E-state index in [2.05, 4.69) is 34.8 Å². The maximum absolute atomic E-state index is 6.03. The zero-order valence-corrected chi connectivity index (χ0v) is 14.2. The van der Waals surface area contributed by atoms with Crippen LogP contribution in [0.25, 0.3) is 0 Å². The first-order valence-corrected chi connectivity index (χ1v) is 9.49. The van der Waals surface area contributed by atoms with Crippen LogP contribution in [0.2, 0.25) is 0 Å². The van der Waals surface area contributed by atoms with Gasteiger partial charge in [-0.1, -0.05) is 44.9 Å². The van der Waals surface area contributed by atoms with Gasteiger partial charge in [-0.15, -0.1) is 22.0 Å². The van der Waals surface area contributed by atoms with Gasteiger partial charge in [0.15, 0.2) is 5.84 Å². The highest BCUT2D eigenvalue weighted by atomic mass is 32.2. The zero-order chi connectivity index (χ0) is 14.1. The van der Waals surface area contributed by atoms with Crippen LogP contribution in [0.4, 0.5) is 0 Å². The van der Waals surface area contributed by atoms with Gasteiger partial charge in [-0.05, 0) is 17.9 Å². The maximum Gasteiger partial charge on any atom is 0.273 e. The van der Waals surface area contributed by atoms with E-state index in [0.29, 0.717) is 0 Å². The van der Waals surface area contributed by atoms with Gasteiger partial charge in [0, 0.05) is 5.75 Å². The largest absolute Gasteiger partial charge is 0.278 e. The summed E-state index contributed by atoms with van der Waals surface area (Å²) in [5, 5.41) is 7.54. The number of azo groups is 1. The van der Waals surface area contributed by atoms with Crippen molar-refractivity contribution in [3.63, 3.8) is 0 Å². The van der Waals surface area contributed by atoms with Gasteiger partial charge in [0.05, 0.1) is 5.25 Å². The number of nitrogens with two attached hydrogens (primary N) is 1. The number of thiol groups is 1. The first-order valence-electron chi connectivity index (χ1n) is 6.83. The Hall–Kier alpha value is 0.280. The molecule has 19 heavy (non-hydrogen) atoms. The molecule has 0 aromatic carbocycles. The molecule has 0 fully saturated rings. The molecule has 1 aliphatic rings. The topological polar surface area (TPSA) is 63.1 Å². The third-order valence-corrected chi connectivity index (χ3v) is 5.50.